The fourth-order valence-corrected chi connectivity index (χ4v) is 2.89. The number of anilines is 1. The molecule has 0 radical (unpaired) electrons. The number of carbonyl (C=O) groups excluding carboxylic acids is 1. The Morgan fingerprint density at radius 1 is 1.17 bits per heavy atom. The van der Waals surface area contributed by atoms with E-state index in [4.69, 9.17) is 16.3 Å². The average molecular weight is 329 g/mol. The second kappa shape index (κ2) is 6.05. The van der Waals surface area contributed by atoms with Crippen LogP contribution in [0.15, 0.2) is 59.7 Å². The van der Waals surface area contributed by atoms with E-state index >= 15 is 0 Å². The van der Waals surface area contributed by atoms with E-state index in [-0.39, 0.29) is 5.97 Å². The Balaban J connectivity index is 2.04. The molecule has 1 atom stereocenters. The molecule has 118 valence electrons. The largest absolute Gasteiger partial charge is 0.467 e. The van der Waals surface area contributed by atoms with Crippen LogP contribution in [0.1, 0.15) is 18.9 Å². The summed E-state index contributed by atoms with van der Waals surface area (Å²) in [6, 6.07) is 17.1. The number of para-hydroxylation sites is 1. The summed E-state index contributed by atoms with van der Waals surface area (Å²) in [5.74, 6) is -0.311. The summed E-state index contributed by atoms with van der Waals surface area (Å²) in [5.41, 5.74) is 1.76. The van der Waals surface area contributed by atoms with E-state index in [1.807, 2.05) is 61.5 Å². The van der Waals surface area contributed by atoms with E-state index < -0.39 is 5.54 Å². The monoisotopic (exact) mass is 328 g/mol. The summed E-state index contributed by atoms with van der Waals surface area (Å²) < 4.78 is 5.02. The maximum Gasteiger partial charge on any atom is 0.333 e. The lowest BCUT2D eigenvalue weighted by Gasteiger charge is -2.31. The highest BCUT2D eigenvalue weighted by Gasteiger charge is 2.47. The second-order valence-electron chi connectivity index (χ2n) is 5.64. The number of benzene rings is 2. The highest BCUT2D eigenvalue weighted by atomic mass is 35.5. The molecule has 1 aliphatic heterocycles. The van der Waals surface area contributed by atoms with Crippen LogP contribution in [0.25, 0.3) is 0 Å². The smallest absolute Gasteiger partial charge is 0.333 e. The van der Waals surface area contributed by atoms with Crippen molar-refractivity contribution in [2.24, 2.45) is 5.10 Å². The van der Waals surface area contributed by atoms with Gasteiger partial charge in [-0.15, -0.1) is 0 Å². The zero-order valence-corrected chi connectivity index (χ0v) is 13.7. The van der Waals surface area contributed by atoms with Gasteiger partial charge in [-0.1, -0.05) is 41.9 Å². The van der Waals surface area contributed by atoms with Crippen LogP contribution in [-0.2, 0) is 9.53 Å². The van der Waals surface area contributed by atoms with Crippen molar-refractivity contribution in [1.29, 1.82) is 0 Å². The third-order valence-electron chi connectivity index (χ3n) is 4.00. The molecule has 1 heterocycles. The molecule has 0 saturated carbocycles. The van der Waals surface area contributed by atoms with Gasteiger partial charge in [0.2, 0.25) is 0 Å². The lowest BCUT2D eigenvalue weighted by atomic mass is 9.92. The Hall–Kier alpha value is -2.33. The van der Waals surface area contributed by atoms with Gasteiger partial charge in [-0.2, -0.15) is 5.10 Å². The third kappa shape index (κ3) is 2.82. The average Bonchev–Trinajstić information content (AvgIpc) is 2.94. The molecule has 2 aromatic carbocycles. The van der Waals surface area contributed by atoms with Crippen molar-refractivity contribution in [3.8, 4) is 0 Å². The predicted octanol–water partition coefficient (Wildman–Crippen LogP) is 3.89. The number of esters is 1. The van der Waals surface area contributed by atoms with Gasteiger partial charge in [0.1, 0.15) is 0 Å². The lowest BCUT2D eigenvalue weighted by molar-refractivity contribution is -0.146. The molecular weight excluding hydrogens is 312 g/mol. The van der Waals surface area contributed by atoms with Crippen LogP contribution in [0.4, 0.5) is 5.69 Å². The molecule has 5 heteroatoms. The quantitative estimate of drug-likeness (QED) is 0.803. The molecule has 1 unspecified atom stereocenters. The number of ether oxygens (including phenoxy) is 1. The van der Waals surface area contributed by atoms with E-state index in [9.17, 15) is 4.79 Å². The van der Waals surface area contributed by atoms with Crippen LogP contribution in [0.2, 0.25) is 5.02 Å². The minimum atomic E-state index is -0.870. The molecule has 0 aromatic heterocycles. The normalized spacial score (nSPS) is 20.3. The standard InChI is InChI=1S/C18H17ClN2O2/c1-18(17(22)23-2)12-16(13-8-10-14(19)11-9-13)20-21(18)15-6-4-3-5-7-15/h3-11H,12H2,1-2H3. The van der Waals surface area contributed by atoms with Gasteiger partial charge in [0.05, 0.1) is 18.5 Å². The number of methoxy groups -OCH3 is 1. The van der Waals surface area contributed by atoms with Crippen molar-refractivity contribution >= 4 is 29.0 Å². The van der Waals surface area contributed by atoms with Gasteiger partial charge in [-0.25, -0.2) is 9.80 Å². The number of halogens is 1. The first kappa shape index (κ1) is 15.6. The van der Waals surface area contributed by atoms with Crippen molar-refractivity contribution in [3.05, 3.63) is 65.2 Å². The summed E-state index contributed by atoms with van der Waals surface area (Å²) in [5, 5.41) is 7.09. The Morgan fingerprint density at radius 3 is 2.43 bits per heavy atom. The number of nitrogens with zero attached hydrogens (tertiary/aromatic N) is 2. The Kier molecular flexibility index (Phi) is 4.09. The summed E-state index contributed by atoms with van der Waals surface area (Å²) in [7, 11) is 1.40. The van der Waals surface area contributed by atoms with Crippen LogP contribution in [0.5, 0.6) is 0 Å². The number of hydrogen-bond donors (Lipinski definition) is 0. The zero-order chi connectivity index (χ0) is 16.4. The summed E-state index contributed by atoms with van der Waals surface area (Å²) in [4.78, 5) is 12.4. The van der Waals surface area contributed by atoms with Gasteiger partial charge in [0.15, 0.2) is 5.54 Å². The Morgan fingerprint density at radius 2 is 1.83 bits per heavy atom. The molecular formula is C18H17ClN2O2. The molecule has 0 bridgehead atoms. The molecule has 0 aliphatic carbocycles. The number of hydrogen-bond acceptors (Lipinski definition) is 4. The van der Waals surface area contributed by atoms with Gasteiger partial charge in [0.25, 0.3) is 0 Å². The van der Waals surface area contributed by atoms with E-state index in [0.29, 0.717) is 11.4 Å². The van der Waals surface area contributed by atoms with Crippen molar-refractivity contribution in [2.45, 2.75) is 18.9 Å². The van der Waals surface area contributed by atoms with Gasteiger partial charge in [-0.05, 0) is 36.8 Å². The molecule has 4 nitrogen and oxygen atoms in total. The molecule has 0 spiro atoms. The molecule has 0 N–H and O–H groups in total. The van der Waals surface area contributed by atoms with Crippen LogP contribution >= 0.6 is 11.6 Å². The molecule has 1 aliphatic rings. The summed E-state index contributed by atoms with van der Waals surface area (Å²) in [6.07, 6.45) is 0.468. The highest BCUT2D eigenvalue weighted by Crippen LogP contribution is 2.35. The minimum absolute atomic E-state index is 0.311. The summed E-state index contributed by atoms with van der Waals surface area (Å²) in [6.45, 7) is 1.85. The van der Waals surface area contributed by atoms with E-state index in [2.05, 4.69) is 5.10 Å². The molecule has 2 aromatic rings. The number of rotatable bonds is 3. The SMILES string of the molecule is COC(=O)C1(C)CC(c2ccc(Cl)cc2)=NN1c1ccccc1. The lowest BCUT2D eigenvalue weighted by Crippen LogP contribution is -2.48. The third-order valence-corrected chi connectivity index (χ3v) is 4.26. The van der Waals surface area contributed by atoms with Gasteiger partial charge >= 0.3 is 5.97 Å². The van der Waals surface area contributed by atoms with E-state index in [0.717, 1.165) is 17.0 Å². The maximum atomic E-state index is 12.4. The van der Waals surface area contributed by atoms with E-state index in [1.54, 1.807) is 5.01 Å². The Labute approximate surface area is 140 Å². The fraction of sp³-hybridized carbons (Fsp3) is 0.222. The minimum Gasteiger partial charge on any atom is -0.467 e. The van der Waals surface area contributed by atoms with Gasteiger partial charge in [-0.3, -0.25) is 0 Å². The first-order chi connectivity index (χ1) is 11.0. The molecule has 0 fully saturated rings. The van der Waals surface area contributed by atoms with Crippen LogP contribution in [0, 0.1) is 0 Å². The van der Waals surface area contributed by atoms with Crippen LogP contribution < -0.4 is 5.01 Å². The van der Waals surface area contributed by atoms with Crippen molar-refractivity contribution < 1.29 is 9.53 Å². The number of carbonyl (C=O) groups is 1. The van der Waals surface area contributed by atoms with Gasteiger partial charge in [0, 0.05) is 11.4 Å². The van der Waals surface area contributed by atoms with Gasteiger partial charge < -0.3 is 4.74 Å². The first-order valence-corrected chi connectivity index (χ1v) is 7.69. The molecule has 0 amide bonds. The second-order valence-corrected chi connectivity index (χ2v) is 6.08. The van der Waals surface area contributed by atoms with Crippen LogP contribution in [-0.4, -0.2) is 24.3 Å². The van der Waals surface area contributed by atoms with Crippen molar-refractivity contribution in [1.82, 2.24) is 0 Å². The predicted molar refractivity (Wildman–Crippen MR) is 91.9 cm³/mol. The zero-order valence-electron chi connectivity index (χ0n) is 13.0. The topological polar surface area (TPSA) is 41.9 Å². The molecule has 0 saturated heterocycles. The number of hydrazone groups is 1. The van der Waals surface area contributed by atoms with Crippen molar-refractivity contribution in [2.75, 3.05) is 12.1 Å². The molecule has 3 rings (SSSR count). The summed E-state index contributed by atoms with van der Waals surface area (Å²) >= 11 is 5.95. The highest BCUT2D eigenvalue weighted by molar-refractivity contribution is 6.30. The van der Waals surface area contributed by atoms with Crippen molar-refractivity contribution in [3.63, 3.8) is 0 Å². The Bertz CT molecular complexity index is 743. The van der Waals surface area contributed by atoms with E-state index in [1.165, 1.54) is 7.11 Å². The maximum absolute atomic E-state index is 12.4. The fourth-order valence-electron chi connectivity index (χ4n) is 2.76. The molecule has 23 heavy (non-hydrogen) atoms. The van der Waals surface area contributed by atoms with Crippen LogP contribution in [0.3, 0.4) is 0 Å². The first-order valence-electron chi connectivity index (χ1n) is 7.32.